The van der Waals surface area contributed by atoms with Gasteiger partial charge in [-0.15, -0.1) is 19.0 Å². The van der Waals surface area contributed by atoms with Crippen LogP contribution in [0.4, 0.5) is 0 Å². The van der Waals surface area contributed by atoms with E-state index in [2.05, 4.69) is 43.3 Å². The third-order valence-electron chi connectivity index (χ3n) is 8.49. The molecule has 13 heteroatoms. The molecule has 0 aliphatic carbocycles. The molecule has 1 radical (unpaired) electrons. The van der Waals surface area contributed by atoms with Crippen LogP contribution in [0.2, 0.25) is 0 Å². The minimum Gasteiger partial charge on any atom is -0.349 e. The van der Waals surface area contributed by atoms with Crippen molar-refractivity contribution in [3.63, 3.8) is 0 Å². The molecule has 52 heavy (non-hydrogen) atoms. The van der Waals surface area contributed by atoms with Crippen LogP contribution in [-0.2, 0) is 52.1 Å². The molecule has 1 unspecified atom stereocenters. The van der Waals surface area contributed by atoms with Crippen molar-refractivity contribution in [1.29, 1.82) is 0 Å². The summed E-state index contributed by atoms with van der Waals surface area (Å²) >= 11 is 0. The molecule has 305 valence electrons. The van der Waals surface area contributed by atoms with Crippen molar-refractivity contribution in [2.45, 2.75) is 166 Å². The van der Waals surface area contributed by atoms with Crippen LogP contribution in [0.5, 0.6) is 0 Å². The van der Waals surface area contributed by atoms with Crippen molar-refractivity contribution in [3.8, 4) is 0 Å². The van der Waals surface area contributed by atoms with E-state index in [1.54, 1.807) is 6.92 Å². The van der Waals surface area contributed by atoms with Crippen molar-refractivity contribution in [2.24, 2.45) is 23.5 Å². The second kappa shape index (κ2) is 44.6. The van der Waals surface area contributed by atoms with E-state index in [1.165, 1.54) is 20.8 Å². The first-order valence-corrected chi connectivity index (χ1v) is 18.3. The summed E-state index contributed by atoms with van der Waals surface area (Å²) < 4.78 is 0. The number of hydrogen-bond acceptors (Lipinski definition) is 8. The van der Waals surface area contributed by atoms with E-state index in [1.807, 2.05) is 47.6 Å². The Morgan fingerprint density at radius 1 is 0.596 bits per heavy atom. The van der Waals surface area contributed by atoms with Gasteiger partial charge in [-0.05, 0) is 63.4 Å². The second-order valence-corrected chi connectivity index (χ2v) is 11.8. The van der Waals surface area contributed by atoms with Crippen molar-refractivity contribution < 1.29 is 52.1 Å². The number of halogens is 1. The minimum absolute atomic E-state index is 0. The summed E-state index contributed by atoms with van der Waals surface area (Å²) in [4.78, 5) is 74.5. The number of hydrogen-bond donors (Lipinski definition) is 4. The monoisotopic (exact) mass is 797 g/mol. The van der Waals surface area contributed by atoms with Gasteiger partial charge in [0.15, 0.2) is 17.3 Å². The van der Waals surface area contributed by atoms with Crippen LogP contribution in [0, 0.1) is 17.8 Å². The molecule has 3 atom stereocenters. The quantitative estimate of drug-likeness (QED) is 0.0514. The Balaban J connectivity index is -0.0000000992. The smallest absolute Gasteiger partial charge is 0.211 e. The van der Waals surface area contributed by atoms with E-state index >= 15 is 0 Å². The van der Waals surface area contributed by atoms with E-state index in [4.69, 9.17) is 5.73 Å². The van der Waals surface area contributed by atoms with Crippen molar-refractivity contribution in [1.82, 2.24) is 16.0 Å². The zero-order valence-corrected chi connectivity index (χ0v) is 36.8. The van der Waals surface area contributed by atoms with Gasteiger partial charge < -0.3 is 21.7 Å². The number of carbonyl (C=O) groups is 7. The minimum atomic E-state index is -0.294. The Morgan fingerprint density at radius 2 is 0.904 bits per heavy atom. The molecule has 5 N–H and O–H groups in total. The summed E-state index contributed by atoms with van der Waals surface area (Å²) in [6.45, 7) is 27.7. The molecule has 0 spiro atoms. The van der Waals surface area contributed by atoms with Gasteiger partial charge in [-0.25, -0.2) is 0 Å². The van der Waals surface area contributed by atoms with Crippen molar-refractivity contribution in [2.75, 3.05) is 0 Å². The Labute approximate surface area is 335 Å². The Kier molecular flexibility index (Phi) is 55.2. The first-order valence-electron chi connectivity index (χ1n) is 18.3. The van der Waals surface area contributed by atoms with Gasteiger partial charge in [-0.1, -0.05) is 107 Å². The predicted molar refractivity (Wildman–Crippen MR) is 213 cm³/mol. The fourth-order valence-electron chi connectivity index (χ4n) is 5.08. The average Bonchev–Trinajstić information content (AvgIpc) is 3.09. The maximum atomic E-state index is 11.1. The Hall–Kier alpha value is -2.60. The molecule has 0 aliphatic rings. The molecule has 0 rings (SSSR count). The molecule has 0 fully saturated rings. The molecular formula is C39H75ClN4O7V. The first-order chi connectivity index (χ1) is 23.5. The van der Waals surface area contributed by atoms with Gasteiger partial charge >= 0.3 is 0 Å². The molecule has 0 aromatic heterocycles. The molecule has 0 saturated carbocycles. The van der Waals surface area contributed by atoms with E-state index in [9.17, 15) is 33.6 Å². The zero-order valence-electron chi connectivity index (χ0n) is 34.6. The summed E-state index contributed by atoms with van der Waals surface area (Å²) in [5.41, 5.74) is 7.08. The van der Waals surface area contributed by atoms with Crippen LogP contribution >= 0.6 is 12.4 Å². The van der Waals surface area contributed by atoms with E-state index in [-0.39, 0.29) is 84.1 Å². The molecule has 0 saturated heterocycles. The molecule has 0 heterocycles. The molecular weight excluding hydrogens is 723 g/mol. The molecule has 11 nitrogen and oxygen atoms in total. The number of ketones is 4. The maximum absolute atomic E-state index is 11.1. The summed E-state index contributed by atoms with van der Waals surface area (Å²) in [6.07, 6.45) is 12.0. The van der Waals surface area contributed by atoms with Gasteiger partial charge in [0.05, 0.1) is 23.8 Å². The number of rotatable bonds is 22. The van der Waals surface area contributed by atoms with Gasteiger partial charge in [0.25, 0.3) is 0 Å². The predicted octanol–water partition coefficient (Wildman–Crippen LogP) is 6.99. The SMILES string of the molecule is C=CCC.CCC(CC)=C(NC=O)C(C)=O.CCC(CC)C(NC=O)C(C)=O.CCC(CC)[C@@H](N)C(C)=O.CCC(CC)[C@@H](NC=O)C(C)=O.Cl.[V]. The van der Waals surface area contributed by atoms with Crippen molar-refractivity contribution >= 4 is 54.8 Å². The third kappa shape index (κ3) is 33.3. The molecule has 0 bridgehead atoms. The van der Waals surface area contributed by atoms with Crippen LogP contribution < -0.4 is 21.7 Å². The van der Waals surface area contributed by atoms with Gasteiger partial charge in [0.2, 0.25) is 19.2 Å². The molecule has 0 aromatic carbocycles. The van der Waals surface area contributed by atoms with Gasteiger partial charge in [-0.2, -0.15) is 0 Å². The number of nitrogens with two attached hydrogens (primary N) is 1. The summed E-state index contributed by atoms with van der Waals surface area (Å²) in [7, 11) is 0. The maximum Gasteiger partial charge on any atom is 0.211 e. The summed E-state index contributed by atoms with van der Waals surface area (Å²) in [5.74, 6) is 1.01. The third-order valence-corrected chi connectivity index (χ3v) is 8.49. The van der Waals surface area contributed by atoms with E-state index in [0.717, 1.165) is 63.4 Å². The fraction of sp³-hybridized carbons (Fsp3) is 0.718. The fourth-order valence-corrected chi connectivity index (χ4v) is 5.08. The molecule has 0 aliphatic heterocycles. The number of amides is 3. The van der Waals surface area contributed by atoms with Gasteiger partial charge in [-0.3, -0.25) is 33.6 Å². The number of carbonyl (C=O) groups excluding carboxylic acids is 7. The van der Waals surface area contributed by atoms with Gasteiger partial charge in [0.1, 0.15) is 5.78 Å². The summed E-state index contributed by atoms with van der Waals surface area (Å²) in [5, 5.41) is 7.54. The summed E-state index contributed by atoms with van der Waals surface area (Å²) in [6, 6.07) is -0.829. The Bertz CT molecular complexity index is 942. The zero-order chi connectivity index (χ0) is 40.2. The Morgan fingerprint density at radius 3 is 1.04 bits per heavy atom. The largest absolute Gasteiger partial charge is 0.349 e. The number of Topliss-reactive ketones (excluding diaryl/α,β-unsaturated/α-hetero) is 4. The van der Waals surface area contributed by atoms with Crippen LogP contribution in [0.3, 0.4) is 0 Å². The molecule has 0 aromatic rings. The second-order valence-electron chi connectivity index (χ2n) is 11.8. The van der Waals surface area contributed by atoms with E-state index < -0.39 is 0 Å². The number of allylic oxidation sites excluding steroid dienone is 3. The van der Waals surface area contributed by atoms with Gasteiger partial charge in [0, 0.05) is 25.5 Å². The molecule has 3 amide bonds. The van der Waals surface area contributed by atoms with Crippen LogP contribution in [0.15, 0.2) is 23.9 Å². The van der Waals surface area contributed by atoms with Crippen LogP contribution in [-0.4, -0.2) is 60.5 Å². The first kappa shape index (κ1) is 64.4. The number of nitrogens with one attached hydrogen (secondary N) is 3. The van der Waals surface area contributed by atoms with Crippen molar-refractivity contribution in [3.05, 3.63) is 23.9 Å². The average molecular weight is 798 g/mol. The normalized spacial score (nSPS) is 11.0. The standard InChI is InChI=1S/2C9H17NO2.C9H15NO2.C8H17NO.C4H8.ClH.V/c3*1-4-8(5-2)9(7(3)12)10-6-11;1-4-7(5-2)8(9)6(3)10;1-3-4-2;;/h2*6,8-9H,4-5H2,1-3H3,(H,10,11);6H,4-5H2,1-3H3,(H,10,11);7-8H,4-5,9H2,1-3H3;3H,1,4H2,2H3;1H;/t9-;;;8-;;;/m0..0.../s1. The topological polar surface area (TPSA) is 182 Å². The van der Waals surface area contributed by atoms with Crippen LogP contribution in [0.1, 0.15) is 148 Å². The van der Waals surface area contributed by atoms with E-state index in [0.29, 0.717) is 30.8 Å². The van der Waals surface area contributed by atoms with Crippen LogP contribution in [0.25, 0.3) is 0 Å².